The van der Waals surface area contributed by atoms with Crippen molar-refractivity contribution in [2.75, 3.05) is 16.0 Å². The van der Waals surface area contributed by atoms with E-state index in [1.165, 1.54) is 46.9 Å². The van der Waals surface area contributed by atoms with E-state index in [4.69, 9.17) is 15.6 Å². The Morgan fingerprint density at radius 2 is 0.788 bits per heavy atom. The molecule has 0 atom stereocenters. The van der Waals surface area contributed by atoms with Crippen molar-refractivity contribution in [3.05, 3.63) is 212 Å². The van der Waals surface area contributed by atoms with E-state index in [2.05, 4.69) is 161 Å². The van der Waals surface area contributed by atoms with Crippen molar-refractivity contribution >= 4 is 130 Å². The molecule has 338 valence electrons. The highest BCUT2D eigenvalue weighted by atomic mass is 79.9. The van der Waals surface area contributed by atoms with Crippen LogP contribution in [0.4, 0.5) is 17.1 Å². The smallest absolute Gasteiger partial charge is 0.0602 e. The van der Waals surface area contributed by atoms with Crippen LogP contribution in [-0.4, -0.2) is 15.6 Å². The molecule has 3 heterocycles. The van der Waals surface area contributed by atoms with Crippen LogP contribution in [0.3, 0.4) is 0 Å². The van der Waals surface area contributed by atoms with Crippen LogP contribution in [0.2, 0.25) is 0 Å². The van der Waals surface area contributed by atoms with Gasteiger partial charge in [0.05, 0.1) is 17.1 Å². The van der Waals surface area contributed by atoms with Gasteiger partial charge in [0, 0.05) is 59.7 Å². The van der Waals surface area contributed by atoms with Crippen molar-refractivity contribution in [1.29, 1.82) is 0 Å². The minimum absolute atomic E-state index is 0. The van der Waals surface area contributed by atoms with E-state index in [1.54, 1.807) is 34.0 Å². The Morgan fingerprint density at radius 3 is 1.24 bits per heavy atom. The maximum Gasteiger partial charge on any atom is 0.0602 e. The lowest BCUT2D eigenvalue weighted by molar-refractivity contribution is 0.225. The Balaban J connectivity index is 0.000000162. The number of rotatable bonds is 15. The molecule has 9 rings (SSSR count). The number of hydrogen-bond acceptors (Lipinski definition) is 12. The average molecular weight is 1060 g/mol. The van der Waals surface area contributed by atoms with Crippen molar-refractivity contribution in [1.82, 2.24) is 16.4 Å². The van der Waals surface area contributed by atoms with Gasteiger partial charge in [0.1, 0.15) is 0 Å². The molecule has 0 aliphatic rings. The summed E-state index contributed by atoms with van der Waals surface area (Å²) >= 11 is 12.3. The van der Waals surface area contributed by atoms with Gasteiger partial charge in [0.2, 0.25) is 0 Å². The summed E-state index contributed by atoms with van der Waals surface area (Å²) in [6.45, 7) is 13.5. The summed E-state index contributed by atoms with van der Waals surface area (Å²) in [4.78, 5) is 0. The highest BCUT2D eigenvalue weighted by Crippen LogP contribution is 2.31. The van der Waals surface area contributed by atoms with Crippen LogP contribution in [0.5, 0.6) is 0 Å². The molecule has 14 heteroatoms. The van der Waals surface area contributed by atoms with Crippen LogP contribution in [-0.2, 0) is 19.6 Å². The minimum atomic E-state index is 0. The van der Waals surface area contributed by atoms with Crippen molar-refractivity contribution < 1.29 is 15.6 Å². The number of hydroxylamine groups is 3. The SMILES string of the molecule is C.C=C(NO)c1ccc(NCc2csc3cc(Br)ccc23)cc1.C=C(NO)c1ccc(NCc2csc3ccc(Br)cc23)cc1.C=C(NO)c1ccc(NCc2csc3ccccc23)cc1. The van der Waals surface area contributed by atoms with Gasteiger partial charge >= 0.3 is 0 Å². The molecule has 0 amide bonds. The number of anilines is 3. The van der Waals surface area contributed by atoms with Gasteiger partial charge in [-0.3, -0.25) is 32.1 Å². The van der Waals surface area contributed by atoms with Crippen molar-refractivity contribution in [3.63, 3.8) is 0 Å². The zero-order valence-corrected chi connectivity index (χ0v) is 40.6. The van der Waals surface area contributed by atoms with E-state index in [0.29, 0.717) is 17.1 Å². The van der Waals surface area contributed by atoms with Crippen LogP contribution in [0.15, 0.2) is 178 Å². The molecule has 66 heavy (non-hydrogen) atoms. The first-order chi connectivity index (χ1) is 31.6. The van der Waals surface area contributed by atoms with Crippen LogP contribution in [0.25, 0.3) is 47.3 Å². The maximum atomic E-state index is 8.84. The van der Waals surface area contributed by atoms with Gasteiger partial charge in [-0.1, -0.05) is 120 Å². The number of thiophene rings is 3. The third-order valence-electron chi connectivity index (χ3n) is 10.3. The second kappa shape index (κ2) is 24.0. The first-order valence-electron chi connectivity index (χ1n) is 20.2. The van der Waals surface area contributed by atoms with Crippen LogP contribution >= 0.6 is 65.9 Å². The van der Waals surface area contributed by atoms with Crippen LogP contribution in [0.1, 0.15) is 40.8 Å². The first-order valence-corrected chi connectivity index (χ1v) is 24.4. The fourth-order valence-corrected chi connectivity index (χ4v) is 10.5. The lowest BCUT2D eigenvalue weighted by atomic mass is 10.1. The van der Waals surface area contributed by atoms with Gasteiger partial charge in [-0.05, 0) is 138 Å². The molecule has 0 bridgehead atoms. The third-order valence-corrected chi connectivity index (χ3v) is 14.4. The monoisotopic (exact) mass is 1060 g/mol. The molecule has 0 aliphatic heterocycles. The second-order valence-electron chi connectivity index (χ2n) is 14.6. The third kappa shape index (κ3) is 12.9. The fourth-order valence-electron chi connectivity index (χ4n) is 6.71. The van der Waals surface area contributed by atoms with E-state index in [0.717, 1.165) is 62.3 Å². The number of fused-ring (bicyclic) bond motifs is 3. The van der Waals surface area contributed by atoms with Gasteiger partial charge in [-0.2, -0.15) is 0 Å². The van der Waals surface area contributed by atoms with Gasteiger partial charge in [-0.15, -0.1) is 34.0 Å². The standard InChI is InChI=1S/2C17H15BrN2OS.C17H16N2OS.CH4/c1-11(20-21)12-2-5-15(6-3-12)19-9-13-10-22-17-7-4-14(18)8-16(13)17;1-11(20-21)12-2-5-15(6-3-12)19-9-13-10-22-17-8-14(18)4-7-16(13)17;1-12(19-20)13-6-8-15(9-7-13)18-10-14-11-21-17-5-3-2-4-16(14)17;/h2*2-8,10,19-21H,1,9H2;2-9,11,18-20H,1,10H2;1H4. The molecule has 6 aromatic carbocycles. The Labute approximate surface area is 414 Å². The second-order valence-corrected chi connectivity index (χ2v) is 19.2. The molecule has 9 N–H and O–H groups in total. The number of nitrogens with one attached hydrogen (secondary N) is 6. The molecule has 0 unspecified atom stereocenters. The van der Waals surface area contributed by atoms with Crippen molar-refractivity contribution in [2.24, 2.45) is 0 Å². The highest BCUT2D eigenvalue weighted by Gasteiger charge is 2.08. The van der Waals surface area contributed by atoms with Crippen molar-refractivity contribution in [2.45, 2.75) is 27.1 Å². The molecular weight excluding hydrogens is 1010 g/mol. The molecule has 9 aromatic rings. The molecule has 0 aliphatic carbocycles. The largest absolute Gasteiger partial charge is 0.381 e. The van der Waals surface area contributed by atoms with E-state index in [-0.39, 0.29) is 7.43 Å². The molecule has 0 spiro atoms. The maximum absolute atomic E-state index is 8.84. The summed E-state index contributed by atoms with van der Waals surface area (Å²) < 4.78 is 6.09. The first kappa shape index (κ1) is 49.5. The van der Waals surface area contributed by atoms with Gasteiger partial charge in [-0.25, -0.2) is 0 Å². The Hall–Kier alpha value is -5.94. The summed E-state index contributed by atoms with van der Waals surface area (Å²) in [7, 11) is 0. The molecule has 0 saturated carbocycles. The number of benzene rings is 6. The summed E-state index contributed by atoms with van der Waals surface area (Å²) in [5.74, 6) is 0. The molecule has 0 saturated heterocycles. The normalized spacial score (nSPS) is 10.4. The molecular formula is C52H50Br2N6O3S3. The fraction of sp³-hybridized carbons (Fsp3) is 0.0769. The molecule has 9 nitrogen and oxygen atoms in total. The molecule has 0 radical (unpaired) electrons. The quantitative estimate of drug-likeness (QED) is 0.0461. The average Bonchev–Trinajstić information content (AvgIpc) is 4.08. The predicted octanol–water partition coefficient (Wildman–Crippen LogP) is 15.5. The predicted molar refractivity (Wildman–Crippen MR) is 291 cm³/mol. The van der Waals surface area contributed by atoms with Gasteiger partial charge in [0.15, 0.2) is 0 Å². The summed E-state index contributed by atoms with van der Waals surface area (Å²) in [6, 6.07) is 44.5. The topological polar surface area (TPSA) is 133 Å². The lowest BCUT2D eigenvalue weighted by Crippen LogP contribution is -2.04. The van der Waals surface area contributed by atoms with Crippen LogP contribution in [0, 0.1) is 0 Å². The number of hydrogen-bond donors (Lipinski definition) is 9. The Bertz CT molecular complexity index is 3040. The minimum Gasteiger partial charge on any atom is -0.381 e. The molecule has 3 aromatic heterocycles. The van der Waals surface area contributed by atoms with Gasteiger partial charge in [0.25, 0.3) is 0 Å². The van der Waals surface area contributed by atoms with E-state index in [9.17, 15) is 0 Å². The summed E-state index contributed by atoms with van der Waals surface area (Å²) in [5, 5.41) is 47.2. The highest BCUT2D eigenvalue weighted by molar-refractivity contribution is 9.10. The molecule has 0 fully saturated rings. The Kier molecular flexibility index (Phi) is 18.0. The summed E-state index contributed by atoms with van der Waals surface area (Å²) in [5.41, 5.74) is 17.2. The number of halogens is 2. The van der Waals surface area contributed by atoms with E-state index >= 15 is 0 Å². The van der Waals surface area contributed by atoms with E-state index in [1.807, 2.05) is 72.8 Å². The van der Waals surface area contributed by atoms with Gasteiger partial charge < -0.3 is 16.0 Å². The van der Waals surface area contributed by atoms with E-state index < -0.39 is 0 Å². The summed E-state index contributed by atoms with van der Waals surface area (Å²) in [6.07, 6.45) is 0. The zero-order chi connectivity index (χ0) is 45.7. The zero-order valence-electron chi connectivity index (χ0n) is 35.0. The van der Waals surface area contributed by atoms with Crippen molar-refractivity contribution in [3.8, 4) is 0 Å². The Morgan fingerprint density at radius 1 is 0.424 bits per heavy atom. The lowest BCUT2D eigenvalue weighted by Gasteiger charge is -2.08. The van der Waals surface area contributed by atoms with Crippen LogP contribution < -0.4 is 32.4 Å².